The number of rotatable bonds is 8. The second-order valence-electron chi connectivity index (χ2n) is 5.00. The highest BCUT2D eigenvalue weighted by Crippen LogP contribution is 2.23. The van der Waals surface area contributed by atoms with Crippen LogP contribution in [-0.2, 0) is 0 Å². The smallest absolute Gasteiger partial charge is 0.0414 e. The molecule has 1 rings (SSSR count). The zero-order chi connectivity index (χ0) is 12.7. The Kier molecular flexibility index (Phi) is 6.78. The summed E-state index contributed by atoms with van der Waals surface area (Å²) in [5, 5.41) is 5.84. The van der Waals surface area contributed by atoms with Crippen LogP contribution in [0.4, 0.5) is 0 Å². The van der Waals surface area contributed by atoms with Crippen molar-refractivity contribution in [3.63, 3.8) is 0 Å². The molecule has 0 aliphatic carbocycles. The van der Waals surface area contributed by atoms with E-state index in [1.165, 1.54) is 17.7 Å². The number of nitrogens with one attached hydrogen (secondary N) is 1. The molecule has 98 valence electrons. The molecular weight excluding hydrogens is 228 g/mol. The molecule has 0 aliphatic rings. The molecule has 0 saturated carbocycles. The maximum Gasteiger partial charge on any atom is 0.0414 e. The molecule has 0 radical (unpaired) electrons. The second kappa shape index (κ2) is 7.85. The molecule has 1 heterocycles. The van der Waals surface area contributed by atoms with Gasteiger partial charge < -0.3 is 11.1 Å². The van der Waals surface area contributed by atoms with Gasteiger partial charge in [-0.05, 0) is 36.2 Å². The topological polar surface area (TPSA) is 38.0 Å². The Bertz CT molecular complexity index is 282. The van der Waals surface area contributed by atoms with Crippen LogP contribution in [0.2, 0.25) is 0 Å². The Labute approximate surface area is 110 Å². The molecular formula is C14H26N2S. The molecule has 1 aromatic rings. The first-order valence-electron chi connectivity index (χ1n) is 6.65. The molecule has 0 fully saturated rings. The van der Waals surface area contributed by atoms with Crippen molar-refractivity contribution in [1.82, 2.24) is 5.32 Å². The maximum absolute atomic E-state index is 5.82. The number of nitrogens with two attached hydrogens (primary N) is 1. The van der Waals surface area contributed by atoms with Crippen LogP contribution in [0.1, 0.15) is 44.5 Å². The van der Waals surface area contributed by atoms with E-state index in [4.69, 9.17) is 5.73 Å². The van der Waals surface area contributed by atoms with E-state index in [1.54, 1.807) is 0 Å². The van der Waals surface area contributed by atoms with Crippen LogP contribution in [0.15, 0.2) is 17.5 Å². The third-order valence-electron chi connectivity index (χ3n) is 3.34. The van der Waals surface area contributed by atoms with Crippen molar-refractivity contribution >= 4 is 11.3 Å². The van der Waals surface area contributed by atoms with Gasteiger partial charge in [0.15, 0.2) is 0 Å². The monoisotopic (exact) mass is 254 g/mol. The predicted octanol–water partition coefficient (Wildman–Crippen LogP) is 3.41. The second-order valence-corrected chi connectivity index (χ2v) is 5.98. The first kappa shape index (κ1) is 14.7. The van der Waals surface area contributed by atoms with E-state index >= 15 is 0 Å². The highest BCUT2D eigenvalue weighted by molar-refractivity contribution is 7.10. The summed E-state index contributed by atoms with van der Waals surface area (Å²) in [5.74, 6) is 1.23. The van der Waals surface area contributed by atoms with Gasteiger partial charge in [0.2, 0.25) is 0 Å². The molecule has 0 amide bonds. The van der Waals surface area contributed by atoms with Gasteiger partial charge in [0.25, 0.3) is 0 Å². The highest BCUT2D eigenvalue weighted by atomic mass is 32.1. The SMILES string of the molecule is CCCC(NCC(CN)C(C)C)c1cccs1. The van der Waals surface area contributed by atoms with E-state index in [0.717, 1.165) is 13.1 Å². The van der Waals surface area contributed by atoms with Crippen LogP contribution in [-0.4, -0.2) is 13.1 Å². The number of hydrogen-bond acceptors (Lipinski definition) is 3. The third kappa shape index (κ3) is 4.78. The Hall–Kier alpha value is -0.380. The molecule has 17 heavy (non-hydrogen) atoms. The van der Waals surface area contributed by atoms with Crippen LogP contribution in [0.25, 0.3) is 0 Å². The lowest BCUT2D eigenvalue weighted by Crippen LogP contribution is -2.33. The molecule has 2 unspecified atom stereocenters. The van der Waals surface area contributed by atoms with Gasteiger partial charge in [-0.2, -0.15) is 0 Å². The fraction of sp³-hybridized carbons (Fsp3) is 0.714. The van der Waals surface area contributed by atoms with Gasteiger partial charge in [-0.1, -0.05) is 33.3 Å². The number of thiophene rings is 1. The molecule has 2 atom stereocenters. The maximum atomic E-state index is 5.82. The largest absolute Gasteiger partial charge is 0.330 e. The average molecular weight is 254 g/mol. The molecule has 0 bridgehead atoms. The molecule has 0 aliphatic heterocycles. The highest BCUT2D eigenvalue weighted by Gasteiger charge is 2.15. The van der Waals surface area contributed by atoms with E-state index < -0.39 is 0 Å². The van der Waals surface area contributed by atoms with Crippen LogP contribution in [0.3, 0.4) is 0 Å². The summed E-state index contributed by atoms with van der Waals surface area (Å²) in [6.45, 7) is 8.54. The van der Waals surface area contributed by atoms with Crippen molar-refractivity contribution in [2.75, 3.05) is 13.1 Å². The molecule has 0 spiro atoms. The van der Waals surface area contributed by atoms with Crippen LogP contribution in [0, 0.1) is 11.8 Å². The predicted molar refractivity (Wildman–Crippen MR) is 77.4 cm³/mol. The molecule has 2 nitrogen and oxygen atoms in total. The van der Waals surface area contributed by atoms with Crippen molar-refractivity contribution in [2.24, 2.45) is 17.6 Å². The summed E-state index contributed by atoms with van der Waals surface area (Å²) in [4.78, 5) is 1.45. The van der Waals surface area contributed by atoms with Gasteiger partial charge in [0.05, 0.1) is 0 Å². The Morgan fingerprint density at radius 2 is 2.18 bits per heavy atom. The average Bonchev–Trinajstić information content (AvgIpc) is 2.81. The van der Waals surface area contributed by atoms with E-state index in [2.05, 4.69) is 43.6 Å². The summed E-state index contributed by atoms with van der Waals surface area (Å²) >= 11 is 1.84. The Morgan fingerprint density at radius 1 is 1.41 bits per heavy atom. The van der Waals surface area contributed by atoms with Crippen molar-refractivity contribution in [3.05, 3.63) is 22.4 Å². The van der Waals surface area contributed by atoms with E-state index in [1.807, 2.05) is 11.3 Å². The minimum absolute atomic E-state index is 0.507. The molecule has 0 aromatic carbocycles. The third-order valence-corrected chi connectivity index (χ3v) is 4.32. The molecule has 3 N–H and O–H groups in total. The molecule has 3 heteroatoms. The van der Waals surface area contributed by atoms with E-state index in [0.29, 0.717) is 17.9 Å². The molecule has 0 saturated heterocycles. The lowest BCUT2D eigenvalue weighted by Gasteiger charge is -2.23. The summed E-state index contributed by atoms with van der Waals surface area (Å²) in [5.41, 5.74) is 5.82. The van der Waals surface area contributed by atoms with Crippen molar-refractivity contribution < 1.29 is 0 Å². The van der Waals surface area contributed by atoms with Gasteiger partial charge in [0.1, 0.15) is 0 Å². The molecule has 1 aromatic heterocycles. The minimum atomic E-state index is 0.507. The summed E-state index contributed by atoms with van der Waals surface area (Å²) in [7, 11) is 0. The zero-order valence-electron chi connectivity index (χ0n) is 11.3. The normalized spacial score (nSPS) is 15.1. The quantitative estimate of drug-likeness (QED) is 0.746. The Morgan fingerprint density at radius 3 is 2.65 bits per heavy atom. The van der Waals surface area contributed by atoms with Gasteiger partial charge in [-0.25, -0.2) is 0 Å². The first-order valence-corrected chi connectivity index (χ1v) is 7.53. The van der Waals surface area contributed by atoms with Crippen molar-refractivity contribution in [1.29, 1.82) is 0 Å². The van der Waals surface area contributed by atoms with Crippen LogP contribution >= 0.6 is 11.3 Å². The first-order chi connectivity index (χ1) is 8.19. The van der Waals surface area contributed by atoms with Crippen LogP contribution < -0.4 is 11.1 Å². The summed E-state index contributed by atoms with van der Waals surface area (Å²) in [6, 6.07) is 4.87. The van der Waals surface area contributed by atoms with Crippen molar-refractivity contribution in [3.8, 4) is 0 Å². The summed E-state index contributed by atoms with van der Waals surface area (Å²) in [6.07, 6.45) is 2.42. The van der Waals surface area contributed by atoms with E-state index in [9.17, 15) is 0 Å². The van der Waals surface area contributed by atoms with Crippen molar-refractivity contribution in [2.45, 2.75) is 39.7 Å². The minimum Gasteiger partial charge on any atom is -0.330 e. The van der Waals surface area contributed by atoms with Gasteiger partial charge in [-0.3, -0.25) is 0 Å². The Balaban J connectivity index is 2.50. The summed E-state index contributed by atoms with van der Waals surface area (Å²) < 4.78 is 0. The van der Waals surface area contributed by atoms with Crippen LogP contribution in [0.5, 0.6) is 0 Å². The standard InChI is InChI=1S/C14H26N2S/c1-4-6-13(14-7-5-8-17-14)16-10-12(9-15)11(2)3/h5,7-8,11-13,16H,4,6,9-10,15H2,1-3H3. The lowest BCUT2D eigenvalue weighted by molar-refractivity contribution is 0.346. The van der Waals surface area contributed by atoms with E-state index in [-0.39, 0.29) is 0 Å². The lowest BCUT2D eigenvalue weighted by atomic mass is 9.95. The van der Waals surface area contributed by atoms with Gasteiger partial charge in [-0.15, -0.1) is 11.3 Å². The van der Waals surface area contributed by atoms with Gasteiger partial charge >= 0.3 is 0 Å². The van der Waals surface area contributed by atoms with Gasteiger partial charge in [0, 0.05) is 17.5 Å². The fourth-order valence-electron chi connectivity index (χ4n) is 2.01. The number of hydrogen-bond donors (Lipinski definition) is 2. The zero-order valence-corrected chi connectivity index (χ0v) is 12.1. The fourth-order valence-corrected chi connectivity index (χ4v) is 2.84.